The monoisotopic (exact) mass is 331 g/mol. The number of amides is 1. The molecule has 1 aromatic heterocycles. The van der Waals surface area contributed by atoms with Crippen LogP contribution in [0.1, 0.15) is 29.8 Å². The van der Waals surface area contributed by atoms with E-state index in [2.05, 4.69) is 9.88 Å². The summed E-state index contributed by atoms with van der Waals surface area (Å²) in [6.07, 6.45) is 3.69. The van der Waals surface area contributed by atoms with E-state index in [9.17, 15) is 10.1 Å². The molecule has 1 aromatic rings. The lowest BCUT2D eigenvalue weighted by molar-refractivity contribution is -0.117. The van der Waals surface area contributed by atoms with E-state index in [4.69, 9.17) is 9.47 Å². The van der Waals surface area contributed by atoms with Gasteiger partial charge in [-0.2, -0.15) is 5.26 Å². The first-order chi connectivity index (χ1) is 11.6. The fraction of sp³-hybridized carbons (Fsp3) is 0.556. The lowest BCUT2D eigenvalue weighted by Crippen LogP contribution is -2.32. The lowest BCUT2D eigenvalue weighted by Gasteiger charge is -2.10. The van der Waals surface area contributed by atoms with Crippen LogP contribution in [0, 0.1) is 25.2 Å². The Morgan fingerprint density at radius 2 is 2.38 bits per heavy atom. The second-order valence-electron chi connectivity index (χ2n) is 5.99. The molecule has 1 amide bonds. The predicted octanol–water partition coefficient (Wildman–Crippen LogP) is 1.95. The van der Waals surface area contributed by atoms with Gasteiger partial charge in [-0.15, -0.1) is 0 Å². The van der Waals surface area contributed by atoms with Crippen LogP contribution < -0.4 is 5.32 Å². The van der Waals surface area contributed by atoms with E-state index in [1.807, 2.05) is 26.0 Å². The molecule has 1 aliphatic rings. The zero-order valence-corrected chi connectivity index (χ0v) is 14.6. The number of hydrogen-bond acceptors (Lipinski definition) is 4. The Morgan fingerprint density at radius 3 is 3.00 bits per heavy atom. The van der Waals surface area contributed by atoms with E-state index in [0.29, 0.717) is 13.2 Å². The fourth-order valence-corrected chi connectivity index (χ4v) is 2.91. The topological polar surface area (TPSA) is 76.3 Å². The smallest absolute Gasteiger partial charge is 0.262 e. The minimum absolute atomic E-state index is 0.0630. The molecule has 1 aliphatic heterocycles. The second kappa shape index (κ2) is 8.67. The second-order valence-corrected chi connectivity index (χ2v) is 5.99. The highest BCUT2D eigenvalue weighted by molar-refractivity contribution is 6.01. The van der Waals surface area contributed by atoms with Crippen LogP contribution in [0.5, 0.6) is 0 Å². The average Bonchev–Trinajstić information content (AvgIpc) is 3.18. The van der Waals surface area contributed by atoms with Crippen molar-refractivity contribution in [3.8, 4) is 6.07 Å². The van der Waals surface area contributed by atoms with Crippen molar-refractivity contribution in [3.05, 3.63) is 28.6 Å². The van der Waals surface area contributed by atoms with Crippen LogP contribution in [-0.2, 0) is 20.8 Å². The molecule has 6 nitrogen and oxygen atoms in total. The minimum atomic E-state index is -0.352. The molecule has 0 bridgehead atoms. The van der Waals surface area contributed by atoms with Gasteiger partial charge < -0.3 is 19.4 Å². The van der Waals surface area contributed by atoms with E-state index in [-0.39, 0.29) is 17.6 Å². The largest absolute Gasteiger partial charge is 0.383 e. The van der Waals surface area contributed by atoms with E-state index in [1.165, 1.54) is 0 Å². The van der Waals surface area contributed by atoms with Crippen LogP contribution in [0.25, 0.3) is 6.08 Å². The number of ether oxygens (including phenoxy) is 2. The zero-order chi connectivity index (χ0) is 17.5. The molecule has 0 spiro atoms. The van der Waals surface area contributed by atoms with Crippen molar-refractivity contribution in [2.45, 2.75) is 39.3 Å². The lowest BCUT2D eigenvalue weighted by atomic mass is 10.1. The van der Waals surface area contributed by atoms with Gasteiger partial charge >= 0.3 is 0 Å². The highest BCUT2D eigenvalue weighted by atomic mass is 16.5. The third-order valence-electron chi connectivity index (χ3n) is 4.31. The van der Waals surface area contributed by atoms with Crippen LogP contribution in [0.2, 0.25) is 0 Å². The number of aromatic nitrogens is 1. The first kappa shape index (κ1) is 18.2. The van der Waals surface area contributed by atoms with Gasteiger partial charge in [0.05, 0.1) is 12.7 Å². The molecular formula is C18H25N3O3. The van der Waals surface area contributed by atoms with Gasteiger partial charge in [-0.25, -0.2) is 0 Å². The summed E-state index contributed by atoms with van der Waals surface area (Å²) in [7, 11) is 1.67. The quantitative estimate of drug-likeness (QED) is 0.612. The van der Waals surface area contributed by atoms with Crippen LogP contribution >= 0.6 is 0 Å². The number of nitriles is 1. The molecule has 0 saturated carbocycles. The molecule has 130 valence electrons. The zero-order valence-electron chi connectivity index (χ0n) is 14.6. The fourth-order valence-electron chi connectivity index (χ4n) is 2.91. The molecule has 0 unspecified atom stereocenters. The molecule has 0 aromatic carbocycles. The van der Waals surface area contributed by atoms with Gasteiger partial charge in [-0.05, 0) is 44.4 Å². The number of hydrogen-bond donors (Lipinski definition) is 1. The third kappa shape index (κ3) is 4.47. The summed E-state index contributed by atoms with van der Waals surface area (Å²) in [6.45, 7) is 6.54. The van der Waals surface area contributed by atoms with Crippen LogP contribution in [0.15, 0.2) is 11.6 Å². The minimum Gasteiger partial charge on any atom is -0.383 e. The number of aryl methyl sites for hydroxylation is 1. The van der Waals surface area contributed by atoms with Gasteiger partial charge in [0.1, 0.15) is 11.6 Å². The summed E-state index contributed by atoms with van der Waals surface area (Å²) >= 11 is 0. The van der Waals surface area contributed by atoms with Gasteiger partial charge in [0, 0.05) is 38.2 Å². The van der Waals surface area contributed by atoms with E-state index < -0.39 is 0 Å². The Morgan fingerprint density at radius 1 is 1.58 bits per heavy atom. The van der Waals surface area contributed by atoms with E-state index in [0.717, 1.165) is 42.9 Å². The molecule has 1 N–H and O–H groups in total. The maximum Gasteiger partial charge on any atom is 0.262 e. The molecule has 6 heteroatoms. The summed E-state index contributed by atoms with van der Waals surface area (Å²) < 4.78 is 12.7. The SMILES string of the molecule is COCCn1c(C)cc(/C=C(\C#N)C(=O)NC[C@H]2CCCO2)c1C. The average molecular weight is 331 g/mol. The van der Waals surface area contributed by atoms with Crippen molar-refractivity contribution >= 4 is 12.0 Å². The number of carbonyl (C=O) groups excluding carboxylic acids is 1. The van der Waals surface area contributed by atoms with Crippen LogP contribution in [0.3, 0.4) is 0 Å². The van der Waals surface area contributed by atoms with Crippen LogP contribution in [-0.4, -0.2) is 43.4 Å². The standard InChI is InChI=1S/C18H25N3O3/c1-13-9-15(14(2)21(13)6-8-23-3)10-16(11-19)18(22)20-12-17-5-4-7-24-17/h9-10,17H,4-8,12H2,1-3H3,(H,20,22)/b16-10+/t17-/m1/s1. The van der Waals surface area contributed by atoms with Gasteiger partial charge in [0.25, 0.3) is 5.91 Å². The van der Waals surface area contributed by atoms with Crippen LogP contribution in [0.4, 0.5) is 0 Å². The van der Waals surface area contributed by atoms with Gasteiger partial charge in [-0.1, -0.05) is 0 Å². The Bertz CT molecular complexity index is 649. The highest BCUT2D eigenvalue weighted by Crippen LogP contribution is 2.18. The molecule has 1 atom stereocenters. The number of nitrogens with one attached hydrogen (secondary N) is 1. The van der Waals surface area contributed by atoms with E-state index >= 15 is 0 Å². The molecule has 1 fully saturated rings. The summed E-state index contributed by atoms with van der Waals surface area (Å²) in [5.41, 5.74) is 3.09. The molecule has 0 aliphatic carbocycles. The molecular weight excluding hydrogens is 306 g/mol. The number of nitrogens with zero attached hydrogens (tertiary/aromatic N) is 2. The van der Waals surface area contributed by atoms with Crippen molar-refractivity contribution in [1.82, 2.24) is 9.88 Å². The number of rotatable bonds is 7. The Labute approximate surface area is 143 Å². The summed E-state index contributed by atoms with van der Waals surface area (Å²) in [4.78, 5) is 12.2. The van der Waals surface area contributed by atoms with Crippen molar-refractivity contribution in [2.75, 3.05) is 26.9 Å². The normalized spacial score (nSPS) is 17.8. The van der Waals surface area contributed by atoms with Gasteiger partial charge in [0.15, 0.2) is 0 Å². The van der Waals surface area contributed by atoms with Gasteiger partial charge in [0.2, 0.25) is 0 Å². The number of carbonyl (C=O) groups is 1. The molecule has 2 heterocycles. The van der Waals surface area contributed by atoms with Crippen molar-refractivity contribution < 1.29 is 14.3 Å². The first-order valence-corrected chi connectivity index (χ1v) is 8.24. The summed E-state index contributed by atoms with van der Waals surface area (Å²) in [5, 5.41) is 12.1. The van der Waals surface area contributed by atoms with Crippen molar-refractivity contribution in [2.24, 2.45) is 0 Å². The Balaban J connectivity index is 2.08. The third-order valence-corrected chi connectivity index (χ3v) is 4.31. The highest BCUT2D eigenvalue weighted by Gasteiger charge is 2.18. The van der Waals surface area contributed by atoms with Gasteiger partial charge in [-0.3, -0.25) is 4.79 Å². The number of methoxy groups -OCH3 is 1. The molecule has 1 saturated heterocycles. The maximum atomic E-state index is 12.2. The molecule has 0 radical (unpaired) electrons. The predicted molar refractivity (Wildman–Crippen MR) is 91.4 cm³/mol. The molecule has 2 rings (SSSR count). The maximum absolute atomic E-state index is 12.2. The van der Waals surface area contributed by atoms with Crippen molar-refractivity contribution in [1.29, 1.82) is 5.26 Å². The Hall–Kier alpha value is -2.10. The summed E-state index contributed by atoms with van der Waals surface area (Å²) in [5.74, 6) is -0.352. The first-order valence-electron chi connectivity index (χ1n) is 8.24. The Kier molecular flexibility index (Phi) is 6.59. The molecule has 24 heavy (non-hydrogen) atoms. The van der Waals surface area contributed by atoms with E-state index in [1.54, 1.807) is 13.2 Å². The summed E-state index contributed by atoms with van der Waals surface area (Å²) in [6, 6.07) is 3.98. The van der Waals surface area contributed by atoms with Crippen molar-refractivity contribution in [3.63, 3.8) is 0 Å².